The molecule has 0 aliphatic carbocycles. The summed E-state index contributed by atoms with van der Waals surface area (Å²) in [6.07, 6.45) is 4.04. The van der Waals surface area contributed by atoms with Crippen molar-refractivity contribution in [3.63, 3.8) is 0 Å². The molecule has 0 aromatic heterocycles. The van der Waals surface area contributed by atoms with Crippen LogP contribution in [0.3, 0.4) is 0 Å². The number of hydrogen-bond donors (Lipinski definition) is 0. The van der Waals surface area contributed by atoms with Crippen LogP contribution >= 0.6 is 0 Å². The van der Waals surface area contributed by atoms with E-state index in [0.29, 0.717) is 19.3 Å². The fraction of sp³-hybridized carbons (Fsp3) is 0.778. The molecule has 4 heterocycles. The standard InChI is InChI=1S/C27H43BN2O6/c1-26(2)27(3,4)36-28(35-26)21-9-10-23(30-12-11-29-13-17-31-20-22(29)19-30)24(18-21)32-15-7-16-34-25-8-5-6-14-33-25/h9-10,18,22,25H,5-8,11-17,19-20H2,1-4H3/t22-,25?/m1/s1. The van der Waals surface area contributed by atoms with Crippen molar-refractivity contribution in [2.75, 3.05) is 64.1 Å². The van der Waals surface area contributed by atoms with Crippen molar-refractivity contribution in [1.29, 1.82) is 0 Å². The summed E-state index contributed by atoms with van der Waals surface area (Å²) < 4.78 is 36.4. The Kier molecular flexibility index (Phi) is 8.15. The highest BCUT2D eigenvalue weighted by atomic mass is 16.7. The normalized spacial score (nSPS) is 28.2. The second-order valence-electron chi connectivity index (χ2n) is 11.4. The smallest absolute Gasteiger partial charge is 0.491 e. The van der Waals surface area contributed by atoms with Crippen molar-refractivity contribution in [3.05, 3.63) is 18.2 Å². The number of rotatable bonds is 8. The molecular weight excluding hydrogens is 459 g/mol. The van der Waals surface area contributed by atoms with Crippen LogP contribution in [0.15, 0.2) is 18.2 Å². The fourth-order valence-electron chi connectivity index (χ4n) is 5.30. The molecule has 9 heteroatoms. The lowest BCUT2D eigenvalue weighted by atomic mass is 9.79. The maximum absolute atomic E-state index is 6.40. The minimum absolute atomic E-state index is 0.0602. The summed E-state index contributed by atoms with van der Waals surface area (Å²) in [7, 11) is -0.415. The van der Waals surface area contributed by atoms with E-state index in [1.165, 1.54) is 6.42 Å². The molecule has 4 saturated heterocycles. The number of ether oxygens (including phenoxy) is 4. The molecule has 4 aliphatic rings. The second kappa shape index (κ2) is 11.2. The Morgan fingerprint density at radius 3 is 2.61 bits per heavy atom. The van der Waals surface area contributed by atoms with Crippen LogP contribution < -0.4 is 15.1 Å². The van der Waals surface area contributed by atoms with Gasteiger partial charge in [-0.25, -0.2) is 0 Å². The zero-order chi connectivity index (χ0) is 25.2. The number of hydrogen-bond acceptors (Lipinski definition) is 8. The van der Waals surface area contributed by atoms with Gasteiger partial charge >= 0.3 is 7.12 Å². The summed E-state index contributed by atoms with van der Waals surface area (Å²) in [5.74, 6) is 0.876. The van der Waals surface area contributed by atoms with Crippen LogP contribution in [0.1, 0.15) is 53.4 Å². The van der Waals surface area contributed by atoms with Crippen LogP contribution in [0.4, 0.5) is 5.69 Å². The highest BCUT2D eigenvalue weighted by Gasteiger charge is 2.51. The molecule has 0 radical (unpaired) electrons. The van der Waals surface area contributed by atoms with Crippen LogP contribution in [0.5, 0.6) is 5.75 Å². The number of piperazine rings is 1. The summed E-state index contributed by atoms with van der Waals surface area (Å²) in [6, 6.07) is 6.82. The predicted octanol–water partition coefficient (Wildman–Crippen LogP) is 2.82. The van der Waals surface area contributed by atoms with Crippen molar-refractivity contribution >= 4 is 18.3 Å². The molecule has 36 heavy (non-hydrogen) atoms. The minimum Gasteiger partial charge on any atom is -0.491 e. The summed E-state index contributed by atoms with van der Waals surface area (Å²) in [5.41, 5.74) is 1.34. The molecule has 0 bridgehead atoms. The lowest BCUT2D eigenvalue weighted by Gasteiger charge is -2.44. The third kappa shape index (κ3) is 5.87. The summed E-state index contributed by atoms with van der Waals surface area (Å²) in [6.45, 7) is 16.0. The highest BCUT2D eigenvalue weighted by Crippen LogP contribution is 2.37. The molecule has 1 aromatic carbocycles. The topological polar surface area (TPSA) is 61.9 Å². The Morgan fingerprint density at radius 1 is 1.00 bits per heavy atom. The van der Waals surface area contributed by atoms with Gasteiger partial charge in [0.2, 0.25) is 0 Å². The molecule has 4 fully saturated rings. The molecule has 0 N–H and O–H groups in total. The number of fused-ring (bicyclic) bond motifs is 1. The molecule has 1 aromatic rings. The fourth-order valence-corrected chi connectivity index (χ4v) is 5.30. The lowest BCUT2D eigenvalue weighted by Crippen LogP contribution is -2.58. The van der Waals surface area contributed by atoms with Crippen LogP contribution in [-0.4, -0.2) is 94.8 Å². The SMILES string of the molecule is CC1(C)OB(c2ccc(N3CCN4CCOC[C@H]4C3)c(OCCCOC3CCCCO3)c2)OC1(C)C. The van der Waals surface area contributed by atoms with Crippen molar-refractivity contribution in [3.8, 4) is 5.75 Å². The third-order valence-electron chi connectivity index (χ3n) is 8.28. The van der Waals surface area contributed by atoms with Crippen LogP contribution in [0.25, 0.3) is 0 Å². The van der Waals surface area contributed by atoms with E-state index in [1.54, 1.807) is 0 Å². The number of morpholine rings is 1. The highest BCUT2D eigenvalue weighted by molar-refractivity contribution is 6.62. The van der Waals surface area contributed by atoms with Crippen LogP contribution in [0.2, 0.25) is 0 Å². The van der Waals surface area contributed by atoms with Gasteiger partial charge in [0.25, 0.3) is 0 Å². The Labute approximate surface area is 216 Å². The largest absolute Gasteiger partial charge is 0.494 e. The van der Waals surface area contributed by atoms with Crippen LogP contribution in [0, 0.1) is 0 Å². The molecule has 0 saturated carbocycles. The average molecular weight is 502 g/mol. The van der Waals surface area contributed by atoms with Gasteiger partial charge < -0.3 is 33.2 Å². The molecular formula is C27H43BN2O6. The lowest BCUT2D eigenvalue weighted by molar-refractivity contribution is -0.163. The number of benzene rings is 1. The van der Waals surface area contributed by atoms with Crippen molar-refractivity contribution in [2.24, 2.45) is 0 Å². The van der Waals surface area contributed by atoms with Crippen LogP contribution in [-0.2, 0) is 23.5 Å². The van der Waals surface area contributed by atoms with Crippen molar-refractivity contribution in [1.82, 2.24) is 4.90 Å². The van der Waals surface area contributed by atoms with Gasteiger partial charge in [-0.05, 0) is 64.6 Å². The van der Waals surface area contributed by atoms with Gasteiger partial charge in [-0.3, -0.25) is 4.90 Å². The third-order valence-corrected chi connectivity index (χ3v) is 8.28. The van der Waals surface area contributed by atoms with E-state index in [2.05, 4.69) is 55.7 Å². The first-order chi connectivity index (χ1) is 17.3. The van der Waals surface area contributed by atoms with Gasteiger partial charge in [0.1, 0.15) is 5.75 Å². The van der Waals surface area contributed by atoms with Crippen molar-refractivity contribution < 1.29 is 28.3 Å². The summed E-state index contributed by atoms with van der Waals surface area (Å²) >= 11 is 0. The summed E-state index contributed by atoms with van der Waals surface area (Å²) in [5, 5.41) is 0. The first kappa shape index (κ1) is 26.3. The Morgan fingerprint density at radius 2 is 1.83 bits per heavy atom. The molecule has 200 valence electrons. The maximum atomic E-state index is 6.40. The van der Waals surface area contributed by atoms with E-state index in [0.717, 1.165) is 82.2 Å². The molecule has 1 unspecified atom stereocenters. The zero-order valence-corrected chi connectivity index (χ0v) is 22.5. The van der Waals surface area contributed by atoms with Gasteiger partial charge in [-0.1, -0.05) is 6.07 Å². The maximum Gasteiger partial charge on any atom is 0.494 e. The van der Waals surface area contributed by atoms with Gasteiger partial charge in [-0.2, -0.15) is 0 Å². The summed E-state index contributed by atoms with van der Waals surface area (Å²) in [4.78, 5) is 4.98. The Bertz CT molecular complexity index is 862. The second-order valence-corrected chi connectivity index (χ2v) is 11.4. The molecule has 0 spiro atoms. The van der Waals surface area contributed by atoms with E-state index in [9.17, 15) is 0 Å². The van der Waals surface area contributed by atoms with E-state index in [4.69, 9.17) is 28.3 Å². The first-order valence-electron chi connectivity index (χ1n) is 13.7. The quantitative estimate of drug-likeness (QED) is 0.398. The Balaban J connectivity index is 1.27. The number of anilines is 1. The average Bonchev–Trinajstić information content (AvgIpc) is 3.10. The molecule has 4 aliphatic heterocycles. The van der Waals surface area contributed by atoms with E-state index < -0.39 is 7.12 Å². The van der Waals surface area contributed by atoms with E-state index in [-0.39, 0.29) is 17.5 Å². The first-order valence-corrected chi connectivity index (χ1v) is 13.7. The Hall–Kier alpha value is -1.36. The molecule has 2 atom stereocenters. The van der Waals surface area contributed by atoms with Gasteiger partial charge in [0, 0.05) is 39.2 Å². The molecule has 0 amide bonds. The number of nitrogens with zero attached hydrogens (tertiary/aromatic N) is 2. The van der Waals surface area contributed by atoms with Crippen molar-refractivity contribution in [2.45, 2.75) is 76.9 Å². The van der Waals surface area contributed by atoms with E-state index in [1.807, 2.05) is 0 Å². The molecule has 8 nitrogen and oxygen atoms in total. The predicted molar refractivity (Wildman–Crippen MR) is 140 cm³/mol. The zero-order valence-electron chi connectivity index (χ0n) is 22.5. The monoisotopic (exact) mass is 502 g/mol. The van der Waals surface area contributed by atoms with E-state index >= 15 is 0 Å². The van der Waals surface area contributed by atoms with Gasteiger partial charge in [-0.15, -0.1) is 0 Å². The van der Waals surface area contributed by atoms with Gasteiger partial charge in [0.15, 0.2) is 6.29 Å². The minimum atomic E-state index is -0.415. The van der Waals surface area contributed by atoms with Gasteiger partial charge in [0.05, 0.1) is 49.4 Å². The molecule has 5 rings (SSSR count).